The van der Waals surface area contributed by atoms with E-state index in [4.69, 9.17) is 41.6 Å². The van der Waals surface area contributed by atoms with Crippen molar-refractivity contribution in [2.45, 2.75) is 12.3 Å². The molecule has 51 heavy (non-hydrogen) atoms. The second kappa shape index (κ2) is 10.9. The van der Waals surface area contributed by atoms with Gasteiger partial charge in [-0.15, -0.1) is 0 Å². The van der Waals surface area contributed by atoms with Gasteiger partial charge in [-0.05, 0) is 42.2 Å². The maximum Gasteiger partial charge on any atom is 0.240 e. The van der Waals surface area contributed by atoms with Crippen LogP contribution in [0.2, 0.25) is 0 Å². The lowest BCUT2D eigenvalue weighted by atomic mass is 9.87. The second-order valence-electron chi connectivity index (χ2n) is 12.0. The second-order valence-corrected chi connectivity index (χ2v) is 12.0. The first-order valence-corrected chi connectivity index (χ1v) is 16.0. The first-order valence-electron chi connectivity index (χ1n) is 24.0. The zero-order valence-electron chi connectivity index (χ0n) is 42.2. The van der Waals surface area contributed by atoms with E-state index < -0.39 is 109 Å². The summed E-state index contributed by atoms with van der Waals surface area (Å²) >= 11 is 0. The number of rotatable bonds is 4. The number of benzene rings is 6. The number of para-hydroxylation sites is 4. The molecular formula is C45H29N5O. The van der Waals surface area contributed by atoms with E-state index in [0.717, 1.165) is 31.6 Å². The van der Waals surface area contributed by atoms with Crippen LogP contribution in [0, 0.1) is 0 Å². The number of hydrogen-bond donors (Lipinski definition) is 0. The van der Waals surface area contributed by atoms with Crippen LogP contribution in [0.1, 0.15) is 45.4 Å². The van der Waals surface area contributed by atoms with E-state index in [1.807, 2.05) is 42.5 Å². The maximum atomic E-state index is 9.16. The molecule has 0 saturated heterocycles. The Morgan fingerprint density at radius 3 is 1.67 bits per heavy atom. The van der Waals surface area contributed by atoms with E-state index in [2.05, 4.69) is 6.08 Å². The highest BCUT2D eigenvalue weighted by molar-refractivity contribution is 6.10. The van der Waals surface area contributed by atoms with Crippen molar-refractivity contribution in [1.82, 2.24) is 24.1 Å². The molecule has 240 valence electrons. The third-order valence-electron chi connectivity index (χ3n) is 9.27. The normalized spacial score (nSPS) is 19.6. The number of nitrogens with zero attached hydrogens (tertiary/aromatic N) is 5. The molecule has 1 aliphatic carbocycles. The Morgan fingerprint density at radius 1 is 0.588 bits per heavy atom. The van der Waals surface area contributed by atoms with Crippen LogP contribution in [0.4, 0.5) is 0 Å². The maximum absolute atomic E-state index is 9.16. The summed E-state index contributed by atoms with van der Waals surface area (Å²) in [7, 11) is 0. The Kier molecular flexibility index (Phi) is 3.56. The van der Waals surface area contributed by atoms with Crippen molar-refractivity contribution in [3.05, 3.63) is 174 Å². The van der Waals surface area contributed by atoms with Crippen LogP contribution < -0.4 is 4.74 Å². The van der Waals surface area contributed by atoms with Gasteiger partial charge in [0.25, 0.3) is 0 Å². The SMILES string of the molecule is [2H]c1c([2H])c([2H])c2c(c1[2H])c1c([2H])c([2H])c([2H])c([2H])c1n2-c1nc(-c2ccc3c(c2)OC2=C(c4ccccc4)C=CCC23)nc(-n2c3c([2H])c([2H])c([2H])c([2H])c3c3c([2H])c([2H])c([2H])c([2H])c32)n1. The zero-order valence-corrected chi connectivity index (χ0v) is 26.2. The highest BCUT2D eigenvalue weighted by atomic mass is 16.5. The molecular weight excluding hydrogens is 627 g/mol. The molecule has 2 aliphatic rings. The molecule has 1 atom stereocenters. The smallest absolute Gasteiger partial charge is 0.240 e. The molecule has 6 aromatic carbocycles. The largest absolute Gasteiger partial charge is 0.460 e. The Balaban J connectivity index is 1.29. The Hall–Kier alpha value is -6.79. The van der Waals surface area contributed by atoms with Crippen molar-refractivity contribution in [2.24, 2.45) is 0 Å². The fourth-order valence-corrected chi connectivity index (χ4v) is 7.04. The lowest BCUT2D eigenvalue weighted by molar-refractivity contribution is 0.429. The van der Waals surface area contributed by atoms with Gasteiger partial charge < -0.3 is 4.74 Å². The van der Waals surface area contributed by atoms with E-state index in [0.29, 0.717) is 12.2 Å². The summed E-state index contributed by atoms with van der Waals surface area (Å²) in [6.45, 7) is 0. The molecule has 11 rings (SSSR count). The lowest BCUT2D eigenvalue weighted by Crippen LogP contribution is -2.10. The zero-order chi connectivity index (χ0) is 47.4. The topological polar surface area (TPSA) is 57.8 Å². The minimum Gasteiger partial charge on any atom is -0.460 e. The fourth-order valence-electron chi connectivity index (χ4n) is 7.04. The van der Waals surface area contributed by atoms with Gasteiger partial charge >= 0.3 is 0 Å². The van der Waals surface area contributed by atoms with Crippen molar-refractivity contribution < 1.29 is 26.7 Å². The highest BCUT2D eigenvalue weighted by Crippen LogP contribution is 2.49. The Morgan fingerprint density at radius 2 is 1.12 bits per heavy atom. The van der Waals surface area contributed by atoms with Gasteiger partial charge in [0.05, 0.1) is 44.0 Å². The number of aromatic nitrogens is 5. The monoisotopic (exact) mass is 671 g/mol. The van der Waals surface area contributed by atoms with E-state index in [1.54, 1.807) is 12.1 Å². The molecule has 6 heteroatoms. The van der Waals surface area contributed by atoms with Gasteiger partial charge in [-0.3, -0.25) is 9.13 Å². The van der Waals surface area contributed by atoms with Crippen LogP contribution >= 0.6 is 0 Å². The molecule has 0 spiro atoms. The number of hydrogen-bond acceptors (Lipinski definition) is 4. The number of allylic oxidation sites excluding steroid dienone is 4. The predicted molar refractivity (Wildman–Crippen MR) is 204 cm³/mol. The van der Waals surface area contributed by atoms with E-state index in [1.165, 1.54) is 0 Å². The van der Waals surface area contributed by atoms with Gasteiger partial charge in [0.1, 0.15) is 11.5 Å². The molecule has 0 saturated carbocycles. The molecule has 3 aromatic heterocycles. The van der Waals surface area contributed by atoms with Gasteiger partial charge in [-0.25, -0.2) is 0 Å². The van der Waals surface area contributed by atoms with Crippen LogP contribution in [-0.4, -0.2) is 24.1 Å². The molecule has 1 unspecified atom stereocenters. The van der Waals surface area contributed by atoms with Gasteiger partial charge in [0.15, 0.2) is 5.82 Å². The molecule has 6 nitrogen and oxygen atoms in total. The van der Waals surface area contributed by atoms with Crippen LogP contribution in [0.15, 0.2) is 163 Å². The molecule has 0 bridgehead atoms. The third kappa shape index (κ3) is 4.20. The van der Waals surface area contributed by atoms with Gasteiger partial charge in [0, 0.05) is 44.2 Å². The minimum atomic E-state index is -0.698. The molecule has 1 aliphatic heterocycles. The van der Waals surface area contributed by atoms with Crippen molar-refractivity contribution in [3.8, 4) is 29.0 Å². The quantitative estimate of drug-likeness (QED) is 0.187. The summed E-state index contributed by atoms with van der Waals surface area (Å²) in [4.78, 5) is 14.4. The van der Waals surface area contributed by atoms with Crippen LogP contribution in [-0.2, 0) is 0 Å². The first kappa shape index (κ1) is 16.7. The standard InChI is InChI=1S/C45H29N5O/c1-2-13-28(14-3-1)30-19-12-20-36-35-26-25-29(27-41(35)51-42(30)36)43-46-44(49-37-21-8-4-15-31(37)32-16-5-9-22-38(32)49)48-45(47-43)50-39-23-10-6-17-33(39)34-18-7-11-24-40(34)50/h1-19,21-27,36H,20H2/i4D,5D,6D,7D,8D,9D,10D,11D,15D,16D,17D,18D,21D,22D,23D,24D. The average Bonchev–Trinajstić information content (AvgIpc) is 4.02. The van der Waals surface area contributed by atoms with Gasteiger partial charge in [-0.2, -0.15) is 15.0 Å². The fraction of sp³-hybridized carbons (Fsp3) is 0.0444. The van der Waals surface area contributed by atoms with Crippen molar-refractivity contribution >= 4 is 49.2 Å². The summed E-state index contributed by atoms with van der Waals surface area (Å²) in [6, 6.07) is 4.49. The van der Waals surface area contributed by atoms with Crippen molar-refractivity contribution in [1.29, 1.82) is 0 Å². The van der Waals surface area contributed by atoms with Crippen molar-refractivity contribution in [3.63, 3.8) is 0 Å². The Bertz CT molecular complexity index is 3510. The molecule has 4 heterocycles. The van der Waals surface area contributed by atoms with Crippen LogP contribution in [0.3, 0.4) is 0 Å². The third-order valence-corrected chi connectivity index (χ3v) is 9.27. The molecule has 0 amide bonds. The summed E-state index contributed by atoms with van der Waals surface area (Å²) in [5.74, 6) is -0.0652. The van der Waals surface area contributed by atoms with Crippen LogP contribution in [0.5, 0.6) is 5.75 Å². The van der Waals surface area contributed by atoms with Gasteiger partial charge in [0.2, 0.25) is 11.9 Å². The predicted octanol–water partition coefficient (Wildman–Crippen LogP) is 10.6. The summed E-state index contributed by atoms with van der Waals surface area (Å²) in [5, 5.41) is -1.05. The molecule has 0 N–H and O–H groups in total. The van der Waals surface area contributed by atoms with Crippen LogP contribution in [0.25, 0.3) is 72.5 Å². The van der Waals surface area contributed by atoms with E-state index in [9.17, 15) is 0 Å². The average molecular weight is 672 g/mol. The first-order chi connectivity index (χ1) is 31.9. The highest BCUT2D eigenvalue weighted by Gasteiger charge is 2.34. The lowest BCUT2D eigenvalue weighted by Gasteiger charge is -2.17. The number of ether oxygens (including phenoxy) is 1. The van der Waals surface area contributed by atoms with Gasteiger partial charge in [-0.1, -0.05) is 127 Å². The summed E-state index contributed by atoms with van der Waals surface area (Å²) in [5.41, 5.74) is 1.68. The summed E-state index contributed by atoms with van der Waals surface area (Å²) < 4.78 is 150. The minimum absolute atomic E-state index is 0.138. The van der Waals surface area contributed by atoms with E-state index >= 15 is 0 Å². The van der Waals surface area contributed by atoms with E-state index in [-0.39, 0.29) is 60.9 Å². The Labute approximate surface area is 315 Å². The molecule has 0 fully saturated rings. The molecule has 0 radical (unpaired) electrons. The van der Waals surface area contributed by atoms with Crippen molar-refractivity contribution in [2.75, 3.05) is 0 Å². The summed E-state index contributed by atoms with van der Waals surface area (Å²) in [6.07, 6.45) is 4.72. The number of fused-ring (bicyclic) bond motifs is 9. The molecule has 9 aromatic rings.